The summed E-state index contributed by atoms with van der Waals surface area (Å²) in [5, 5.41) is 12.6. The Hall–Kier alpha value is -1.98. The van der Waals surface area contributed by atoms with Crippen molar-refractivity contribution in [1.29, 1.82) is 5.26 Å². The van der Waals surface area contributed by atoms with E-state index in [4.69, 9.17) is 16.9 Å². The third kappa shape index (κ3) is 3.49. The molecular weight excluding hydrogens is 256 g/mol. The summed E-state index contributed by atoms with van der Waals surface area (Å²) >= 11 is 6.13. The molecule has 2 aromatic carbocycles. The topological polar surface area (TPSA) is 35.8 Å². The number of hydrogen-bond acceptors (Lipinski definition) is 2. The number of anilines is 2. The van der Waals surface area contributed by atoms with E-state index in [1.165, 1.54) is 5.56 Å². The summed E-state index contributed by atoms with van der Waals surface area (Å²) in [6.45, 7) is 2.17. The molecule has 1 N–H and O–H groups in total. The molecule has 2 rings (SSSR count). The number of halogens is 1. The van der Waals surface area contributed by atoms with E-state index in [0.29, 0.717) is 10.6 Å². The summed E-state index contributed by atoms with van der Waals surface area (Å²) in [5.41, 5.74) is 3.70. The summed E-state index contributed by atoms with van der Waals surface area (Å²) in [4.78, 5) is 0. The Morgan fingerprint density at radius 1 is 1.16 bits per heavy atom. The van der Waals surface area contributed by atoms with Gasteiger partial charge in [0.05, 0.1) is 22.3 Å². The molecule has 0 aromatic heterocycles. The van der Waals surface area contributed by atoms with Crippen molar-refractivity contribution in [2.24, 2.45) is 0 Å². The van der Waals surface area contributed by atoms with Crippen LogP contribution in [0.3, 0.4) is 0 Å². The summed E-state index contributed by atoms with van der Waals surface area (Å²) in [7, 11) is 0. The van der Waals surface area contributed by atoms with Crippen LogP contribution in [0.25, 0.3) is 0 Å². The van der Waals surface area contributed by atoms with Crippen molar-refractivity contribution < 1.29 is 0 Å². The molecule has 0 heterocycles. The summed E-state index contributed by atoms with van der Waals surface area (Å²) in [5.74, 6) is 0. The molecule has 0 aliphatic heterocycles. The van der Waals surface area contributed by atoms with Gasteiger partial charge in [0.1, 0.15) is 0 Å². The van der Waals surface area contributed by atoms with Crippen LogP contribution in [0.4, 0.5) is 11.4 Å². The second-order valence-corrected chi connectivity index (χ2v) is 4.79. The van der Waals surface area contributed by atoms with Gasteiger partial charge in [0.25, 0.3) is 0 Å². The maximum Gasteiger partial charge on any atom is 0.0992 e. The lowest BCUT2D eigenvalue weighted by molar-refractivity contribution is 0.922. The molecule has 0 amide bonds. The number of benzene rings is 2. The zero-order valence-electron chi connectivity index (χ0n) is 10.8. The average molecular weight is 271 g/mol. The first-order chi connectivity index (χ1) is 9.22. The maximum atomic E-state index is 8.79. The maximum absolute atomic E-state index is 8.79. The Balaban J connectivity index is 2.15. The van der Waals surface area contributed by atoms with E-state index < -0.39 is 0 Å². The summed E-state index contributed by atoms with van der Waals surface area (Å²) < 4.78 is 0. The van der Waals surface area contributed by atoms with Crippen molar-refractivity contribution in [2.75, 3.05) is 5.32 Å². The molecule has 96 valence electrons. The molecule has 0 aliphatic rings. The van der Waals surface area contributed by atoms with Gasteiger partial charge in [0.15, 0.2) is 0 Å². The van der Waals surface area contributed by atoms with Crippen molar-refractivity contribution in [3.8, 4) is 6.07 Å². The second-order valence-electron chi connectivity index (χ2n) is 4.38. The number of aryl methyl sites for hydroxylation is 1. The molecule has 2 aromatic rings. The highest BCUT2D eigenvalue weighted by Gasteiger charge is 2.02. The SMILES string of the molecule is CCCc1ccc(Nc2ccc(C#N)cc2Cl)cc1. The minimum Gasteiger partial charge on any atom is -0.354 e. The van der Waals surface area contributed by atoms with Crippen LogP contribution in [0.1, 0.15) is 24.5 Å². The highest BCUT2D eigenvalue weighted by Crippen LogP contribution is 2.26. The Kier molecular flexibility index (Phi) is 4.43. The minimum atomic E-state index is 0.552. The van der Waals surface area contributed by atoms with Crippen LogP contribution in [0.15, 0.2) is 42.5 Å². The molecule has 0 unspecified atom stereocenters. The van der Waals surface area contributed by atoms with Gasteiger partial charge >= 0.3 is 0 Å². The summed E-state index contributed by atoms with van der Waals surface area (Å²) in [6.07, 6.45) is 2.24. The lowest BCUT2D eigenvalue weighted by Gasteiger charge is -2.09. The number of nitrogens with one attached hydrogen (secondary N) is 1. The van der Waals surface area contributed by atoms with Gasteiger partial charge < -0.3 is 5.32 Å². The lowest BCUT2D eigenvalue weighted by atomic mass is 10.1. The van der Waals surface area contributed by atoms with E-state index in [1.54, 1.807) is 12.1 Å². The fraction of sp³-hybridized carbons (Fsp3) is 0.188. The van der Waals surface area contributed by atoms with Gasteiger partial charge in [-0.15, -0.1) is 0 Å². The molecule has 2 nitrogen and oxygen atoms in total. The van der Waals surface area contributed by atoms with Crippen molar-refractivity contribution in [3.05, 3.63) is 58.6 Å². The van der Waals surface area contributed by atoms with Crippen LogP contribution in [0.5, 0.6) is 0 Å². The van der Waals surface area contributed by atoms with E-state index >= 15 is 0 Å². The van der Waals surface area contributed by atoms with Crippen LogP contribution in [0.2, 0.25) is 5.02 Å². The second kappa shape index (κ2) is 6.26. The van der Waals surface area contributed by atoms with Crippen molar-refractivity contribution in [1.82, 2.24) is 0 Å². The van der Waals surface area contributed by atoms with E-state index in [9.17, 15) is 0 Å². The average Bonchev–Trinajstić information content (AvgIpc) is 2.43. The fourth-order valence-corrected chi connectivity index (χ4v) is 2.11. The predicted octanol–water partition coefficient (Wildman–Crippen LogP) is 4.91. The molecule has 0 bridgehead atoms. The van der Waals surface area contributed by atoms with Crippen LogP contribution >= 0.6 is 11.6 Å². The van der Waals surface area contributed by atoms with Crippen molar-refractivity contribution >= 4 is 23.0 Å². The van der Waals surface area contributed by atoms with Gasteiger partial charge in [-0.05, 0) is 42.3 Å². The number of nitriles is 1. The van der Waals surface area contributed by atoms with Gasteiger partial charge in [-0.1, -0.05) is 37.1 Å². The molecule has 0 atom stereocenters. The van der Waals surface area contributed by atoms with Crippen LogP contribution in [-0.2, 0) is 6.42 Å². The van der Waals surface area contributed by atoms with E-state index in [0.717, 1.165) is 24.2 Å². The molecule has 0 spiro atoms. The lowest BCUT2D eigenvalue weighted by Crippen LogP contribution is -1.92. The van der Waals surface area contributed by atoms with Gasteiger partial charge in [0.2, 0.25) is 0 Å². The summed E-state index contributed by atoms with van der Waals surface area (Å²) in [6, 6.07) is 15.6. The van der Waals surface area contributed by atoms with Gasteiger partial charge in [-0.25, -0.2) is 0 Å². The van der Waals surface area contributed by atoms with Gasteiger partial charge in [-0.3, -0.25) is 0 Å². The van der Waals surface area contributed by atoms with Crippen molar-refractivity contribution in [3.63, 3.8) is 0 Å². The molecule has 0 fully saturated rings. The fourth-order valence-electron chi connectivity index (χ4n) is 1.88. The first-order valence-corrected chi connectivity index (χ1v) is 6.66. The molecule has 0 radical (unpaired) electrons. The quantitative estimate of drug-likeness (QED) is 0.857. The molecule has 0 saturated carbocycles. The third-order valence-corrected chi connectivity index (χ3v) is 3.18. The van der Waals surface area contributed by atoms with Gasteiger partial charge in [-0.2, -0.15) is 5.26 Å². The molecule has 0 saturated heterocycles. The van der Waals surface area contributed by atoms with Crippen LogP contribution in [0, 0.1) is 11.3 Å². The molecule has 3 heteroatoms. The Bertz CT molecular complexity index is 597. The zero-order chi connectivity index (χ0) is 13.7. The Morgan fingerprint density at radius 3 is 2.47 bits per heavy atom. The molecule has 0 aliphatic carbocycles. The highest BCUT2D eigenvalue weighted by molar-refractivity contribution is 6.33. The van der Waals surface area contributed by atoms with E-state index in [1.807, 2.05) is 18.2 Å². The normalized spacial score (nSPS) is 9.95. The van der Waals surface area contributed by atoms with Crippen LogP contribution in [-0.4, -0.2) is 0 Å². The van der Waals surface area contributed by atoms with Crippen molar-refractivity contribution in [2.45, 2.75) is 19.8 Å². The minimum absolute atomic E-state index is 0.552. The standard InChI is InChI=1S/C16H15ClN2/c1-2-3-12-4-7-14(8-5-12)19-16-9-6-13(11-18)10-15(16)17/h4-10,19H,2-3H2,1H3. The van der Waals surface area contributed by atoms with E-state index in [2.05, 4.69) is 30.4 Å². The molecule has 19 heavy (non-hydrogen) atoms. The Morgan fingerprint density at radius 2 is 1.89 bits per heavy atom. The van der Waals surface area contributed by atoms with Gasteiger partial charge in [0, 0.05) is 5.69 Å². The van der Waals surface area contributed by atoms with Crippen LogP contribution < -0.4 is 5.32 Å². The smallest absolute Gasteiger partial charge is 0.0992 e. The number of hydrogen-bond donors (Lipinski definition) is 1. The van der Waals surface area contributed by atoms with E-state index in [-0.39, 0.29) is 0 Å². The number of rotatable bonds is 4. The Labute approximate surface area is 118 Å². The third-order valence-electron chi connectivity index (χ3n) is 2.87. The first-order valence-electron chi connectivity index (χ1n) is 6.28. The predicted molar refractivity (Wildman–Crippen MR) is 79.9 cm³/mol. The molecular formula is C16H15ClN2. The zero-order valence-corrected chi connectivity index (χ0v) is 11.5. The highest BCUT2D eigenvalue weighted by atomic mass is 35.5. The first kappa shape index (κ1) is 13.5. The number of nitrogens with zero attached hydrogens (tertiary/aromatic N) is 1. The largest absolute Gasteiger partial charge is 0.354 e. The monoisotopic (exact) mass is 270 g/mol.